The number of rotatable bonds is 3. The van der Waals surface area contributed by atoms with Crippen LogP contribution in [0.4, 0.5) is 13.2 Å². The molecule has 2 aromatic rings. The second-order valence-electron chi connectivity index (χ2n) is 4.31. The fourth-order valence-electron chi connectivity index (χ4n) is 1.74. The van der Waals surface area contributed by atoms with Crippen molar-refractivity contribution in [2.75, 3.05) is 0 Å². The van der Waals surface area contributed by atoms with Crippen molar-refractivity contribution < 1.29 is 17.6 Å². The summed E-state index contributed by atoms with van der Waals surface area (Å²) in [4.78, 5) is -0.0838. The van der Waals surface area contributed by atoms with E-state index in [1.807, 2.05) is 6.07 Å². The summed E-state index contributed by atoms with van der Waals surface area (Å²) in [5.41, 5.74) is 4.93. The van der Waals surface area contributed by atoms with Gasteiger partial charge < -0.3 is 10.2 Å². The molecule has 0 radical (unpaired) electrons. The fraction of sp³-hybridized carbons (Fsp3) is 0.0667. The van der Waals surface area contributed by atoms with Crippen molar-refractivity contribution in [1.82, 2.24) is 0 Å². The van der Waals surface area contributed by atoms with Gasteiger partial charge in [0.2, 0.25) is 0 Å². The van der Waals surface area contributed by atoms with Crippen LogP contribution in [-0.4, -0.2) is 4.99 Å². The predicted octanol–water partition coefficient (Wildman–Crippen LogP) is 4.16. The highest BCUT2D eigenvalue weighted by Gasteiger charge is 2.30. The van der Waals surface area contributed by atoms with E-state index in [-0.39, 0.29) is 27.6 Å². The SMILES string of the molecule is N#C/C(=C/c1ccc(-c2cccc(C(F)(F)F)c2)o1)C(N)=S. The number of thiocarbonyl (C=S) groups is 1. The Balaban J connectivity index is 2.37. The molecule has 0 amide bonds. The molecule has 0 saturated carbocycles. The quantitative estimate of drug-likeness (QED) is 0.523. The first-order valence-corrected chi connectivity index (χ1v) is 6.41. The van der Waals surface area contributed by atoms with Crippen molar-refractivity contribution in [3.8, 4) is 17.4 Å². The average Bonchev–Trinajstić information content (AvgIpc) is 2.92. The Labute approximate surface area is 129 Å². The van der Waals surface area contributed by atoms with Crippen LogP contribution in [0.5, 0.6) is 0 Å². The van der Waals surface area contributed by atoms with Crippen LogP contribution in [0.2, 0.25) is 0 Å². The zero-order valence-electron chi connectivity index (χ0n) is 11.0. The molecule has 0 bridgehead atoms. The van der Waals surface area contributed by atoms with Gasteiger partial charge in [-0.05, 0) is 24.3 Å². The number of hydrogen-bond donors (Lipinski definition) is 1. The van der Waals surface area contributed by atoms with E-state index in [4.69, 9.17) is 27.6 Å². The van der Waals surface area contributed by atoms with Crippen LogP contribution in [0.25, 0.3) is 17.4 Å². The number of nitriles is 1. The Bertz CT molecular complexity index is 785. The molecule has 0 spiro atoms. The highest BCUT2D eigenvalue weighted by molar-refractivity contribution is 7.80. The zero-order chi connectivity index (χ0) is 16.3. The van der Waals surface area contributed by atoms with Crippen molar-refractivity contribution in [3.63, 3.8) is 0 Å². The maximum Gasteiger partial charge on any atom is 0.416 e. The lowest BCUT2D eigenvalue weighted by Crippen LogP contribution is -2.09. The minimum atomic E-state index is -4.43. The first-order chi connectivity index (χ1) is 10.3. The van der Waals surface area contributed by atoms with Gasteiger partial charge in [-0.3, -0.25) is 0 Å². The highest BCUT2D eigenvalue weighted by Crippen LogP contribution is 2.32. The number of benzene rings is 1. The van der Waals surface area contributed by atoms with Gasteiger partial charge in [0.1, 0.15) is 22.6 Å². The normalized spacial score (nSPS) is 12.0. The zero-order valence-corrected chi connectivity index (χ0v) is 11.8. The average molecular weight is 322 g/mol. The fourth-order valence-corrected chi connectivity index (χ4v) is 1.84. The van der Waals surface area contributed by atoms with Crippen LogP contribution in [0.1, 0.15) is 11.3 Å². The minimum Gasteiger partial charge on any atom is -0.457 e. The molecule has 22 heavy (non-hydrogen) atoms. The number of hydrogen-bond acceptors (Lipinski definition) is 3. The monoisotopic (exact) mass is 322 g/mol. The number of furan rings is 1. The van der Waals surface area contributed by atoms with Crippen LogP contribution < -0.4 is 5.73 Å². The highest BCUT2D eigenvalue weighted by atomic mass is 32.1. The third-order valence-corrected chi connectivity index (χ3v) is 2.99. The van der Waals surface area contributed by atoms with E-state index in [9.17, 15) is 13.2 Å². The minimum absolute atomic E-state index is 0.0555. The number of halogens is 3. The largest absolute Gasteiger partial charge is 0.457 e. The van der Waals surface area contributed by atoms with Gasteiger partial charge in [0.25, 0.3) is 0 Å². The molecule has 7 heteroatoms. The van der Waals surface area contributed by atoms with Gasteiger partial charge in [0.15, 0.2) is 0 Å². The Morgan fingerprint density at radius 3 is 2.59 bits per heavy atom. The van der Waals surface area contributed by atoms with E-state index in [2.05, 4.69) is 0 Å². The molecule has 2 N–H and O–H groups in total. The molecule has 0 saturated heterocycles. The van der Waals surface area contributed by atoms with Crippen molar-refractivity contribution in [2.24, 2.45) is 5.73 Å². The third kappa shape index (κ3) is 3.54. The second-order valence-corrected chi connectivity index (χ2v) is 4.75. The van der Waals surface area contributed by atoms with E-state index < -0.39 is 11.7 Å². The summed E-state index contributed by atoms with van der Waals surface area (Å²) in [5, 5.41) is 8.86. The molecule has 1 aromatic carbocycles. The van der Waals surface area contributed by atoms with Gasteiger partial charge in [-0.15, -0.1) is 0 Å². The second kappa shape index (κ2) is 6.03. The molecule has 0 aliphatic rings. The van der Waals surface area contributed by atoms with E-state index in [1.165, 1.54) is 30.3 Å². The Kier molecular flexibility index (Phi) is 4.33. The van der Waals surface area contributed by atoms with E-state index >= 15 is 0 Å². The maximum atomic E-state index is 12.7. The first-order valence-electron chi connectivity index (χ1n) is 6.00. The third-order valence-electron chi connectivity index (χ3n) is 2.77. The summed E-state index contributed by atoms with van der Waals surface area (Å²) in [7, 11) is 0. The van der Waals surface area contributed by atoms with E-state index in [0.717, 1.165) is 12.1 Å². The summed E-state index contributed by atoms with van der Waals surface area (Å²) >= 11 is 4.69. The van der Waals surface area contributed by atoms with Crippen molar-refractivity contribution in [3.05, 3.63) is 53.3 Å². The topological polar surface area (TPSA) is 63.0 Å². The molecule has 0 atom stereocenters. The molecule has 0 aliphatic heterocycles. The molecular weight excluding hydrogens is 313 g/mol. The summed E-state index contributed by atoms with van der Waals surface area (Å²) in [6.07, 6.45) is -3.09. The molecule has 112 valence electrons. The van der Waals surface area contributed by atoms with Crippen molar-refractivity contribution >= 4 is 23.3 Å². The molecular formula is C15H9F3N2OS. The van der Waals surface area contributed by atoms with Crippen LogP contribution in [0, 0.1) is 11.3 Å². The van der Waals surface area contributed by atoms with Gasteiger partial charge in [-0.1, -0.05) is 24.4 Å². The molecule has 1 aromatic heterocycles. The standard InChI is InChI=1S/C15H9F3N2OS/c16-15(17,18)11-3-1-2-9(6-11)13-5-4-12(21-13)7-10(8-19)14(20)22/h1-7H,(H2,20,22)/b10-7-. The van der Waals surface area contributed by atoms with Crippen LogP contribution in [0.3, 0.4) is 0 Å². The summed E-state index contributed by atoms with van der Waals surface area (Å²) in [5.74, 6) is 0.523. The molecule has 0 unspecified atom stereocenters. The smallest absolute Gasteiger partial charge is 0.416 e. The Morgan fingerprint density at radius 2 is 2.00 bits per heavy atom. The van der Waals surface area contributed by atoms with Gasteiger partial charge in [-0.2, -0.15) is 18.4 Å². The lowest BCUT2D eigenvalue weighted by Gasteiger charge is -2.07. The van der Waals surface area contributed by atoms with Gasteiger partial charge in [0.05, 0.1) is 11.1 Å². The van der Waals surface area contributed by atoms with Crippen LogP contribution in [0.15, 0.2) is 46.4 Å². The Morgan fingerprint density at radius 1 is 1.27 bits per heavy atom. The summed E-state index contributed by atoms with van der Waals surface area (Å²) in [6, 6.07) is 9.61. The van der Waals surface area contributed by atoms with Gasteiger partial charge in [0, 0.05) is 11.6 Å². The maximum absolute atomic E-state index is 12.7. The van der Waals surface area contributed by atoms with Crippen molar-refractivity contribution in [2.45, 2.75) is 6.18 Å². The molecule has 3 nitrogen and oxygen atoms in total. The molecule has 1 heterocycles. The number of nitrogens with two attached hydrogens (primary N) is 1. The summed E-state index contributed by atoms with van der Waals surface area (Å²) < 4.78 is 43.5. The van der Waals surface area contributed by atoms with E-state index in [1.54, 1.807) is 0 Å². The number of nitrogens with zero attached hydrogens (tertiary/aromatic N) is 1. The summed E-state index contributed by atoms with van der Waals surface area (Å²) in [6.45, 7) is 0. The Hall–Kier alpha value is -2.59. The van der Waals surface area contributed by atoms with Gasteiger partial charge in [-0.25, -0.2) is 0 Å². The molecule has 0 fully saturated rings. The van der Waals surface area contributed by atoms with Crippen LogP contribution in [-0.2, 0) is 6.18 Å². The molecule has 0 aliphatic carbocycles. The lowest BCUT2D eigenvalue weighted by atomic mass is 10.1. The molecule has 2 rings (SSSR count). The number of alkyl halides is 3. The van der Waals surface area contributed by atoms with Crippen molar-refractivity contribution in [1.29, 1.82) is 5.26 Å². The first kappa shape index (κ1) is 15.8. The van der Waals surface area contributed by atoms with E-state index in [0.29, 0.717) is 0 Å². The lowest BCUT2D eigenvalue weighted by molar-refractivity contribution is -0.137. The van der Waals surface area contributed by atoms with Crippen LogP contribution >= 0.6 is 12.2 Å². The van der Waals surface area contributed by atoms with Gasteiger partial charge >= 0.3 is 6.18 Å². The predicted molar refractivity (Wildman–Crippen MR) is 79.5 cm³/mol.